The molecule has 1 amide bonds. The van der Waals surface area contributed by atoms with Crippen LogP contribution in [0.25, 0.3) is 0 Å². The van der Waals surface area contributed by atoms with Crippen LogP contribution in [-0.2, 0) is 6.54 Å². The first-order chi connectivity index (χ1) is 16.1. The Bertz CT molecular complexity index is 1040. The minimum atomic E-state index is 0.0292. The maximum Gasteiger partial charge on any atom is 0.257 e. The van der Waals surface area contributed by atoms with Crippen LogP contribution in [-0.4, -0.2) is 48.5 Å². The van der Waals surface area contributed by atoms with E-state index in [1.165, 1.54) is 4.88 Å². The second-order valence-electron chi connectivity index (χ2n) is 8.56. The summed E-state index contributed by atoms with van der Waals surface area (Å²) in [7, 11) is 1.96. The third-order valence-corrected chi connectivity index (χ3v) is 6.92. The average Bonchev–Trinajstić information content (AvgIpc) is 3.32. The molecule has 7 heteroatoms. The quantitative estimate of drug-likeness (QED) is 0.496. The van der Waals surface area contributed by atoms with Gasteiger partial charge in [-0.25, -0.2) is 0 Å². The number of carbonyl (C=O) groups excluding carboxylic acids is 1. The Balaban J connectivity index is 1.46. The Labute approximate surface area is 200 Å². The number of anilines is 1. The van der Waals surface area contributed by atoms with Gasteiger partial charge in [-0.05, 0) is 62.6 Å². The number of hydrogen-bond acceptors (Lipinski definition) is 6. The monoisotopic (exact) mass is 464 g/mol. The van der Waals surface area contributed by atoms with Crippen LogP contribution in [0, 0.1) is 0 Å². The van der Waals surface area contributed by atoms with Gasteiger partial charge in [0.15, 0.2) is 0 Å². The largest absolute Gasteiger partial charge is 0.485 e. The lowest BCUT2D eigenvalue weighted by atomic mass is 10.1. The van der Waals surface area contributed by atoms with E-state index < -0.39 is 0 Å². The fraction of sp³-hybridized carbons (Fsp3) is 0.385. The SMILES string of the molecule is CNCCC(Oc1ccc(CN2CCN(C(C)C)c3ccncc3C2=O)cc1)c1cccs1. The molecule has 0 spiro atoms. The highest BCUT2D eigenvalue weighted by atomic mass is 32.1. The molecule has 3 aromatic rings. The van der Waals surface area contributed by atoms with E-state index in [1.807, 2.05) is 30.1 Å². The molecule has 1 aromatic carbocycles. The molecule has 1 atom stereocenters. The summed E-state index contributed by atoms with van der Waals surface area (Å²) in [5.74, 6) is 0.877. The molecule has 33 heavy (non-hydrogen) atoms. The van der Waals surface area contributed by atoms with Crippen molar-refractivity contribution in [3.63, 3.8) is 0 Å². The molecule has 0 bridgehead atoms. The molecule has 4 rings (SSSR count). The van der Waals surface area contributed by atoms with Gasteiger partial charge in [-0.15, -0.1) is 11.3 Å². The number of pyridine rings is 1. The molecular weight excluding hydrogens is 432 g/mol. The zero-order valence-electron chi connectivity index (χ0n) is 19.5. The highest BCUT2D eigenvalue weighted by Gasteiger charge is 2.27. The van der Waals surface area contributed by atoms with E-state index in [9.17, 15) is 4.79 Å². The van der Waals surface area contributed by atoms with E-state index in [4.69, 9.17) is 4.74 Å². The summed E-state index contributed by atoms with van der Waals surface area (Å²) in [6, 6.07) is 14.6. The van der Waals surface area contributed by atoms with Gasteiger partial charge in [-0.3, -0.25) is 9.78 Å². The summed E-state index contributed by atoms with van der Waals surface area (Å²) in [5, 5.41) is 5.29. The Hall–Kier alpha value is -2.90. The van der Waals surface area contributed by atoms with E-state index in [0.717, 1.165) is 36.5 Å². The van der Waals surface area contributed by atoms with Crippen LogP contribution >= 0.6 is 11.3 Å². The predicted molar refractivity (Wildman–Crippen MR) is 134 cm³/mol. The number of ether oxygens (including phenoxy) is 1. The van der Waals surface area contributed by atoms with E-state index in [2.05, 4.69) is 58.7 Å². The third-order valence-electron chi connectivity index (χ3n) is 5.95. The van der Waals surface area contributed by atoms with Crippen LogP contribution in [0.2, 0.25) is 0 Å². The van der Waals surface area contributed by atoms with Crippen LogP contribution in [0.5, 0.6) is 5.75 Å². The number of rotatable bonds is 9. The van der Waals surface area contributed by atoms with Crippen molar-refractivity contribution in [3.05, 3.63) is 76.2 Å². The van der Waals surface area contributed by atoms with E-state index in [0.29, 0.717) is 24.7 Å². The molecular formula is C26H32N4O2S. The van der Waals surface area contributed by atoms with Gasteiger partial charge in [0.2, 0.25) is 0 Å². The molecule has 174 valence electrons. The highest BCUT2D eigenvalue weighted by molar-refractivity contribution is 7.10. The first-order valence-corrected chi connectivity index (χ1v) is 12.4. The first kappa shape index (κ1) is 23.3. The molecule has 0 aliphatic carbocycles. The lowest BCUT2D eigenvalue weighted by molar-refractivity contribution is 0.0754. The van der Waals surface area contributed by atoms with Crippen LogP contribution in [0.1, 0.15) is 47.2 Å². The Morgan fingerprint density at radius 3 is 2.67 bits per heavy atom. The minimum Gasteiger partial charge on any atom is -0.485 e. The fourth-order valence-electron chi connectivity index (χ4n) is 4.18. The zero-order chi connectivity index (χ0) is 23.2. The normalized spacial score (nSPS) is 14.8. The second kappa shape index (κ2) is 10.8. The Kier molecular flexibility index (Phi) is 7.62. The smallest absolute Gasteiger partial charge is 0.257 e. The molecule has 1 unspecified atom stereocenters. The Morgan fingerprint density at radius 1 is 1.15 bits per heavy atom. The number of nitrogens with one attached hydrogen (secondary N) is 1. The van der Waals surface area contributed by atoms with Gasteiger partial charge in [0, 0.05) is 49.4 Å². The number of thiophene rings is 1. The van der Waals surface area contributed by atoms with Gasteiger partial charge < -0.3 is 19.9 Å². The number of benzene rings is 1. The number of carbonyl (C=O) groups is 1. The lowest BCUT2D eigenvalue weighted by Crippen LogP contribution is -2.37. The van der Waals surface area contributed by atoms with E-state index >= 15 is 0 Å². The molecule has 0 saturated heterocycles. The van der Waals surface area contributed by atoms with Gasteiger partial charge in [-0.1, -0.05) is 18.2 Å². The van der Waals surface area contributed by atoms with Crippen molar-refractivity contribution in [2.24, 2.45) is 0 Å². The van der Waals surface area contributed by atoms with Gasteiger partial charge in [0.25, 0.3) is 5.91 Å². The van der Waals surface area contributed by atoms with Crippen molar-refractivity contribution in [2.75, 3.05) is 31.6 Å². The maximum atomic E-state index is 13.3. The molecule has 1 aliphatic heterocycles. The van der Waals surface area contributed by atoms with Crippen LogP contribution < -0.4 is 15.0 Å². The zero-order valence-corrected chi connectivity index (χ0v) is 20.3. The summed E-state index contributed by atoms with van der Waals surface area (Å²) < 4.78 is 6.31. The van der Waals surface area contributed by atoms with Crippen molar-refractivity contribution in [2.45, 2.75) is 39.0 Å². The number of fused-ring (bicyclic) bond motifs is 1. The second-order valence-corrected chi connectivity index (χ2v) is 9.54. The molecule has 1 N–H and O–H groups in total. The predicted octanol–water partition coefficient (Wildman–Crippen LogP) is 4.74. The van der Waals surface area contributed by atoms with Crippen molar-refractivity contribution >= 4 is 22.9 Å². The van der Waals surface area contributed by atoms with Crippen molar-refractivity contribution in [1.82, 2.24) is 15.2 Å². The van der Waals surface area contributed by atoms with E-state index in [1.54, 1.807) is 23.7 Å². The van der Waals surface area contributed by atoms with Gasteiger partial charge in [-0.2, -0.15) is 0 Å². The number of hydrogen-bond donors (Lipinski definition) is 1. The number of amides is 1. The third kappa shape index (κ3) is 5.54. The minimum absolute atomic E-state index is 0.0292. The van der Waals surface area contributed by atoms with Crippen LogP contribution in [0.15, 0.2) is 60.2 Å². The van der Waals surface area contributed by atoms with Crippen molar-refractivity contribution < 1.29 is 9.53 Å². The first-order valence-electron chi connectivity index (χ1n) is 11.5. The summed E-state index contributed by atoms with van der Waals surface area (Å²) in [4.78, 5) is 22.9. The number of aromatic nitrogens is 1. The average molecular weight is 465 g/mol. The van der Waals surface area contributed by atoms with Gasteiger partial charge >= 0.3 is 0 Å². The van der Waals surface area contributed by atoms with Crippen LogP contribution in [0.3, 0.4) is 0 Å². The van der Waals surface area contributed by atoms with Crippen LogP contribution in [0.4, 0.5) is 5.69 Å². The lowest BCUT2D eigenvalue weighted by Gasteiger charge is -2.28. The molecule has 6 nitrogen and oxygen atoms in total. The fourth-order valence-corrected chi connectivity index (χ4v) is 4.97. The van der Waals surface area contributed by atoms with Crippen molar-refractivity contribution in [3.8, 4) is 5.75 Å². The molecule has 0 saturated carbocycles. The van der Waals surface area contributed by atoms with Gasteiger partial charge in [0.05, 0.1) is 11.3 Å². The summed E-state index contributed by atoms with van der Waals surface area (Å²) in [6.07, 6.45) is 4.39. The Morgan fingerprint density at radius 2 is 1.97 bits per heavy atom. The highest BCUT2D eigenvalue weighted by Crippen LogP contribution is 2.29. The standard InChI is InChI=1S/C26H32N4O2S/c1-19(2)30-15-14-29(26(31)22-17-28-13-10-23(22)30)18-20-6-8-21(9-7-20)32-24(11-12-27-3)25-5-4-16-33-25/h4-10,13,16-17,19,24,27H,11-12,14-15,18H2,1-3H3. The molecule has 2 aromatic heterocycles. The topological polar surface area (TPSA) is 57.7 Å². The molecule has 1 aliphatic rings. The summed E-state index contributed by atoms with van der Waals surface area (Å²) in [6.45, 7) is 7.24. The van der Waals surface area contributed by atoms with Crippen molar-refractivity contribution in [1.29, 1.82) is 0 Å². The molecule has 0 fully saturated rings. The summed E-state index contributed by atoms with van der Waals surface area (Å²) >= 11 is 1.72. The molecule has 3 heterocycles. The summed E-state index contributed by atoms with van der Waals surface area (Å²) in [5.41, 5.74) is 2.73. The van der Waals surface area contributed by atoms with Gasteiger partial charge in [0.1, 0.15) is 11.9 Å². The number of nitrogens with zero attached hydrogens (tertiary/aromatic N) is 3. The van der Waals surface area contributed by atoms with E-state index in [-0.39, 0.29) is 12.0 Å². The molecule has 0 radical (unpaired) electrons. The maximum absolute atomic E-state index is 13.3.